The van der Waals surface area contributed by atoms with Crippen molar-refractivity contribution < 1.29 is 8.60 Å². The molecule has 1 aromatic heterocycles. The van der Waals surface area contributed by atoms with E-state index in [0.29, 0.717) is 16.1 Å². The zero-order chi connectivity index (χ0) is 13.1. The highest BCUT2D eigenvalue weighted by Gasteiger charge is 2.10. The smallest absolute Gasteiger partial charge is 0.142 e. The molecule has 0 fully saturated rings. The summed E-state index contributed by atoms with van der Waals surface area (Å²) in [4.78, 5) is 4.32. The molecule has 1 atom stereocenters. The highest BCUT2D eigenvalue weighted by molar-refractivity contribution is 7.84. The van der Waals surface area contributed by atoms with Crippen LogP contribution in [0.15, 0.2) is 41.6 Å². The Morgan fingerprint density at radius 3 is 2.83 bits per heavy atom. The van der Waals surface area contributed by atoms with Gasteiger partial charge in [0.2, 0.25) is 0 Å². The van der Waals surface area contributed by atoms with Crippen molar-refractivity contribution in [2.45, 2.75) is 10.6 Å². The molecule has 0 amide bonds. The summed E-state index contributed by atoms with van der Waals surface area (Å²) in [6.07, 6.45) is 2.96. The van der Waals surface area contributed by atoms with Crippen molar-refractivity contribution in [1.82, 2.24) is 4.98 Å². The van der Waals surface area contributed by atoms with Gasteiger partial charge in [-0.05, 0) is 23.8 Å². The van der Waals surface area contributed by atoms with Gasteiger partial charge in [-0.2, -0.15) is 0 Å². The summed E-state index contributed by atoms with van der Waals surface area (Å²) in [5, 5.41) is 0.0490. The third-order valence-electron chi connectivity index (χ3n) is 2.34. The SMILES string of the molecule is Nc1cnccc1S(=O)Cc1ccc(Cl)c(F)c1. The first-order valence-electron chi connectivity index (χ1n) is 5.09. The molecular formula is C12H10ClFN2OS. The minimum absolute atomic E-state index is 0.0490. The lowest BCUT2D eigenvalue weighted by Gasteiger charge is -2.05. The Morgan fingerprint density at radius 2 is 2.17 bits per heavy atom. The molecule has 2 aromatic rings. The van der Waals surface area contributed by atoms with E-state index in [0.717, 1.165) is 0 Å². The average molecular weight is 285 g/mol. The molecule has 0 bridgehead atoms. The van der Waals surface area contributed by atoms with Gasteiger partial charge in [-0.3, -0.25) is 9.19 Å². The molecule has 6 heteroatoms. The number of benzene rings is 1. The molecule has 2 N–H and O–H groups in total. The molecule has 18 heavy (non-hydrogen) atoms. The van der Waals surface area contributed by atoms with Crippen molar-refractivity contribution in [3.05, 3.63) is 53.1 Å². The molecule has 0 aliphatic rings. The monoisotopic (exact) mass is 284 g/mol. The lowest BCUT2D eigenvalue weighted by molar-refractivity contribution is 0.626. The number of nitrogen functional groups attached to an aromatic ring is 1. The molecule has 0 spiro atoms. The second-order valence-corrected chi connectivity index (χ2v) is 5.48. The summed E-state index contributed by atoms with van der Waals surface area (Å²) in [5.41, 5.74) is 6.65. The Labute approximate surface area is 111 Å². The van der Waals surface area contributed by atoms with E-state index in [4.69, 9.17) is 17.3 Å². The summed E-state index contributed by atoms with van der Waals surface area (Å²) in [6, 6.07) is 5.95. The van der Waals surface area contributed by atoms with E-state index in [1.54, 1.807) is 12.1 Å². The van der Waals surface area contributed by atoms with Crippen molar-refractivity contribution in [3.63, 3.8) is 0 Å². The standard InChI is InChI=1S/C12H10ClFN2OS/c13-9-2-1-8(5-10(9)14)7-18(17)12-3-4-16-6-11(12)15/h1-6H,7,15H2. The molecule has 1 heterocycles. The van der Waals surface area contributed by atoms with Gasteiger partial charge in [0.15, 0.2) is 0 Å². The Morgan fingerprint density at radius 1 is 1.39 bits per heavy atom. The summed E-state index contributed by atoms with van der Waals surface area (Å²) in [5.74, 6) is -0.337. The predicted molar refractivity (Wildman–Crippen MR) is 70.2 cm³/mol. The van der Waals surface area contributed by atoms with E-state index in [9.17, 15) is 8.60 Å². The maximum Gasteiger partial charge on any atom is 0.142 e. The van der Waals surface area contributed by atoms with Crippen LogP contribution in [0.4, 0.5) is 10.1 Å². The molecule has 0 radical (unpaired) electrons. The van der Waals surface area contributed by atoms with Crippen LogP contribution in [0.5, 0.6) is 0 Å². The van der Waals surface area contributed by atoms with Crippen LogP contribution in [-0.2, 0) is 16.6 Å². The van der Waals surface area contributed by atoms with Crippen molar-refractivity contribution in [2.75, 3.05) is 5.73 Å². The molecule has 1 unspecified atom stereocenters. The van der Waals surface area contributed by atoms with Crippen LogP contribution < -0.4 is 5.73 Å². The quantitative estimate of drug-likeness (QED) is 0.943. The molecule has 1 aromatic carbocycles. The maximum absolute atomic E-state index is 13.2. The minimum atomic E-state index is -1.34. The number of hydrogen-bond acceptors (Lipinski definition) is 3. The summed E-state index contributed by atoms with van der Waals surface area (Å²) in [6.45, 7) is 0. The van der Waals surface area contributed by atoms with Crippen molar-refractivity contribution in [1.29, 1.82) is 0 Å². The van der Waals surface area contributed by atoms with Gasteiger partial charge in [0.05, 0.1) is 38.4 Å². The number of rotatable bonds is 3. The van der Waals surface area contributed by atoms with Gasteiger partial charge >= 0.3 is 0 Å². The van der Waals surface area contributed by atoms with Gasteiger partial charge in [-0.25, -0.2) is 4.39 Å². The first-order chi connectivity index (χ1) is 8.58. The van der Waals surface area contributed by atoms with E-state index in [1.165, 1.54) is 24.5 Å². The van der Waals surface area contributed by atoms with Crippen molar-refractivity contribution in [3.8, 4) is 0 Å². The topological polar surface area (TPSA) is 56.0 Å². The maximum atomic E-state index is 13.2. The van der Waals surface area contributed by atoms with Gasteiger partial charge < -0.3 is 5.73 Å². The number of hydrogen-bond donors (Lipinski definition) is 1. The third kappa shape index (κ3) is 2.86. The summed E-state index contributed by atoms with van der Waals surface area (Å²) < 4.78 is 25.3. The third-order valence-corrected chi connectivity index (χ3v) is 4.10. The fraction of sp³-hybridized carbons (Fsp3) is 0.0833. The van der Waals surface area contributed by atoms with E-state index in [1.807, 2.05) is 0 Å². The highest BCUT2D eigenvalue weighted by atomic mass is 35.5. The van der Waals surface area contributed by atoms with E-state index in [2.05, 4.69) is 4.98 Å². The second-order valence-electron chi connectivity index (χ2n) is 3.65. The van der Waals surface area contributed by atoms with Crippen LogP contribution in [0, 0.1) is 5.82 Å². The van der Waals surface area contributed by atoms with Crippen LogP contribution in [0.25, 0.3) is 0 Å². The number of anilines is 1. The van der Waals surface area contributed by atoms with Crippen LogP contribution >= 0.6 is 11.6 Å². The molecule has 0 saturated carbocycles. The van der Waals surface area contributed by atoms with Crippen LogP contribution in [-0.4, -0.2) is 9.19 Å². The molecule has 3 nitrogen and oxygen atoms in total. The molecular weight excluding hydrogens is 275 g/mol. The van der Waals surface area contributed by atoms with Gasteiger partial charge in [0.25, 0.3) is 0 Å². The van der Waals surface area contributed by atoms with Crippen molar-refractivity contribution >= 4 is 28.1 Å². The van der Waals surface area contributed by atoms with Gasteiger partial charge in [0, 0.05) is 6.20 Å². The number of nitrogens with zero attached hydrogens (tertiary/aromatic N) is 1. The van der Waals surface area contributed by atoms with Crippen LogP contribution in [0.1, 0.15) is 5.56 Å². The normalized spacial score (nSPS) is 12.3. The highest BCUT2D eigenvalue weighted by Crippen LogP contribution is 2.20. The van der Waals surface area contributed by atoms with Gasteiger partial charge in [-0.15, -0.1) is 0 Å². The molecule has 0 aliphatic heterocycles. The van der Waals surface area contributed by atoms with E-state index in [-0.39, 0.29) is 10.8 Å². The fourth-order valence-electron chi connectivity index (χ4n) is 1.46. The minimum Gasteiger partial charge on any atom is -0.396 e. The summed E-state index contributed by atoms with van der Waals surface area (Å²) in [7, 11) is -1.34. The van der Waals surface area contributed by atoms with Crippen LogP contribution in [0.2, 0.25) is 5.02 Å². The Kier molecular flexibility index (Phi) is 3.93. The number of pyridine rings is 1. The number of nitrogens with two attached hydrogens (primary N) is 1. The Balaban J connectivity index is 2.22. The lowest BCUT2D eigenvalue weighted by atomic mass is 10.2. The first-order valence-corrected chi connectivity index (χ1v) is 6.79. The van der Waals surface area contributed by atoms with Gasteiger partial charge in [-0.1, -0.05) is 17.7 Å². The predicted octanol–water partition coefficient (Wildman–Crippen LogP) is 2.76. The summed E-state index contributed by atoms with van der Waals surface area (Å²) >= 11 is 5.58. The van der Waals surface area contributed by atoms with Gasteiger partial charge in [0.1, 0.15) is 5.82 Å². The zero-order valence-electron chi connectivity index (χ0n) is 9.27. The fourth-order valence-corrected chi connectivity index (χ4v) is 2.74. The first kappa shape index (κ1) is 13.0. The largest absolute Gasteiger partial charge is 0.396 e. The number of halogens is 2. The van der Waals surface area contributed by atoms with E-state index >= 15 is 0 Å². The number of aromatic nitrogens is 1. The Hall–Kier alpha value is -1.46. The van der Waals surface area contributed by atoms with Crippen molar-refractivity contribution in [2.24, 2.45) is 0 Å². The molecule has 0 aliphatic carbocycles. The lowest BCUT2D eigenvalue weighted by Crippen LogP contribution is -2.01. The zero-order valence-corrected chi connectivity index (χ0v) is 10.8. The molecule has 94 valence electrons. The second kappa shape index (κ2) is 5.46. The van der Waals surface area contributed by atoms with Crippen LogP contribution in [0.3, 0.4) is 0 Å². The van der Waals surface area contributed by atoms with E-state index < -0.39 is 16.6 Å². The molecule has 2 rings (SSSR count). The Bertz CT molecular complexity index is 606. The average Bonchev–Trinajstić information content (AvgIpc) is 2.34. The molecule has 0 saturated heterocycles.